The van der Waals surface area contributed by atoms with E-state index in [2.05, 4.69) is 19.9 Å². The fraction of sp³-hybridized carbons (Fsp3) is 0.796. The molecule has 1 unspecified atom stereocenters. The number of aliphatic hydroxyl groups excluding tert-OH is 1. The lowest BCUT2D eigenvalue weighted by molar-refractivity contribution is -0.161. The molecule has 0 fully saturated rings. The van der Waals surface area contributed by atoms with Gasteiger partial charge in [0.2, 0.25) is 0 Å². The van der Waals surface area contributed by atoms with Gasteiger partial charge < -0.3 is 25.2 Å². The van der Waals surface area contributed by atoms with E-state index in [4.69, 9.17) is 24.3 Å². The maximum Gasteiger partial charge on any atom is 0.472 e. The van der Waals surface area contributed by atoms with E-state index in [0.717, 1.165) is 32.1 Å². The third-order valence-electron chi connectivity index (χ3n) is 10.3. The predicted molar refractivity (Wildman–Crippen MR) is 249 cm³/mol. The van der Waals surface area contributed by atoms with Crippen LogP contribution in [0.1, 0.15) is 213 Å². The second-order valence-corrected chi connectivity index (χ2v) is 17.6. The zero-order chi connectivity index (χ0) is 44.0. The van der Waals surface area contributed by atoms with Crippen LogP contribution in [0.4, 0.5) is 0 Å². The van der Waals surface area contributed by atoms with Crippen LogP contribution < -0.4 is 5.73 Å². The van der Waals surface area contributed by atoms with Gasteiger partial charge >= 0.3 is 19.8 Å². The Balaban J connectivity index is 4.19. The van der Waals surface area contributed by atoms with Crippen molar-refractivity contribution in [3.05, 3.63) is 48.6 Å². The molecule has 11 heteroatoms. The van der Waals surface area contributed by atoms with Crippen LogP contribution in [0.15, 0.2) is 48.6 Å². The van der Waals surface area contributed by atoms with Crippen molar-refractivity contribution in [3.8, 4) is 0 Å². The van der Waals surface area contributed by atoms with Crippen molar-refractivity contribution in [2.45, 2.75) is 225 Å². The molecule has 3 atom stereocenters. The van der Waals surface area contributed by atoms with E-state index in [-0.39, 0.29) is 32.6 Å². The van der Waals surface area contributed by atoms with Gasteiger partial charge in [-0.15, -0.1) is 0 Å². The van der Waals surface area contributed by atoms with E-state index in [1.54, 1.807) is 6.08 Å². The third kappa shape index (κ3) is 44.0. The number of esters is 2. The van der Waals surface area contributed by atoms with Gasteiger partial charge in [-0.1, -0.05) is 204 Å². The Labute approximate surface area is 367 Å². The Kier molecular flexibility index (Phi) is 43.4. The Hall–Kier alpha value is -2.07. The number of hydrogen-bond acceptors (Lipinski definition) is 9. The fourth-order valence-corrected chi connectivity index (χ4v) is 7.42. The predicted octanol–water partition coefficient (Wildman–Crippen LogP) is 13.3. The molecule has 10 nitrogen and oxygen atoms in total. The number of aliphatic hydroxyl groups is 1. The average molecular weight is 868 g/mol. The molecule has 0 aliphatic heterocycles. The maximum absolute atomic E-state index is 12.6. The molecule has 0 aromatic rings. The number of phosphoric ester groups is 1. The molecule has 0 aromatic heterocycles. The standard InChI is InChI=1S/C49H90NO9P/c1-3-5-7-9-11-12-13-14-15-16-17-18-19-20-21-22-23-24-29-33-37-41-49(53)59-47(45-58-60(54,55)57-43-42-50)44-56-48(52)40-36-32-28-26-25-27-31-35-39-46(51)38-34-30-10-8-6-4-2/h26-28,30-31,34-35,39,46-47,51H,3-25,29,32-33,36-38,40-45,50H2,1-2H3,(H,54,55)/b28-26-,31-27-,34-30-,39-35+/t46-,47-/m1/s1. The molecule has 0 radical (unpaired) electrons. The van der Waals surface area contributed by atoms with Crippen molar-refractivity contribution in [3.63, 3.8) is 0 Å². The van der Waals surface area contributed by atoms with Crippen molar-refractivity contribution in [1.82, 2.24) is 0 Å². The molecular formula is C49H90NO9P. The summed E-state index contributed by atoms with van der Waals surface area (Å²) in [4.78, 5) is 35.0. The lowest BCUT2D eigenvalue weighted by Crippen LogP contribution is -2.29. The zero-order valence-electron chi connectivity index (χ0n) is 38.3. The highest BCUT2D eigenvalue weighted by atomic mass is 31.2. The van der Waals surface area contributed by atoms with Gasteiger partial charge in [-0.3, -0.25) is 18.6 Å². The second-order valence-electron chi connectivity index (χ2n) is 16.2. The summed E-state index contributed by atoms with van der Waals surface area (Å²) in [7, 11) is -4.41. The number of carbonyl (C=O) groups is 2. The lowest BCUT2D eigenvalue weighted by Gasteiger charge is -2.19. The van der Waals surface area contributed by atoms with Crippen LogP contribution in [0.3, 0.4) is 0 Å². The Morgan fingerprint density at radius 2 is 1.08 bits per heavy atom. The molecule has 350 valence electrons. The van der Waals surface area contributed by atoms with Crippen LogP contribution in [0.25, 0.3) is 0 Å². The number of phosphoric acid groups is 1. The highest BCUT2D eigenvalue weighted by Crippen LogP contribution is 2.43. The molecule has 0 amide bonds. The second kappa shape index (κ2) is 45.0. The molecule has 0 heterocycles. The van der Waals surface area contributed by atoms with Crippen LogP contribution in [0.5, 0.6) is 0 Å². The highest BCUT2D eigenvalue weighted by molar-refractivity contribution is 7.47. The van der Waals surface area contributed by atoms with Gasteiger partial charge in [0.15, 0.2) is 6.10 Å². The molecule has 0 saturated carbocycles. The van der Waals surface area contributed by atoms with Gasteiger partial charge in [-0.2, -0.15) is 0 Å². The summed E-state index contributed by atoms with van der Waals surface area (Å²) in [5, 5.41) is 10.0. The summed E-state index contributed by atoms with van der Waals surface area (Å²) in [6, 6.07) is 0. The van der Waals surface area contributed by atoms with E-state index >= 15 is 0 Å². The Morgan fingerprint density at radius 3 is 1.65 bits per heavy atom. The molecule has 0 bridgehead atoms. The van der Waals surface area contributed by atoms with Gasteiger partial charge in [0.05, 0.1) is 19.3 Å². The topological polar surface area (TPSA) is 155 Å². The smallest absolute Gasteiger partial charge is 0.462 e. The fourth-order valence-electron chi connectivity index (χ4n) is 6.65. The summed E-state index contributed by atoms with van der Waals surface area (Å²) in [5.74, 6) is -0.927. The first-order valence-electron chi connectivity index (χ1n) is 24.2. The number of carbonyl (C=O) groups excluding carboxylic acids is 2. The number of nitrogens with two attached hydrogens (primary N) is 1. The van der Waals surface area contributed by atoms with E-state index in [9.17, 15) is 24.2 Å². The van der Waals surface area contributed by atoms with Crippen LogP contribution in [-0.2, 0) is 32.7 Å². The van der Waals surface area contributed by atoms with Crippen LogP contribution in [0.2, 0.25) is 0 Å². The lowest BCUT2D eigenvalue weighted by atomic mass is 10.0. The van der Waals surface area contributed by atoms with Crippen LogP contribution in [-0.4, -0.2) is 60.5 Å². The monoisotopic (exact) mass is 868 g/mol. The molecule has 0 rings (SSSR count). The van der Waals surface area contributed by atoms with E-state index in [1.165, 1.54) is 128 Å². The largest absolute Gasteiger partial charge is 0.472 e. The van der Waals surface area contributed by atoms with Crippen molar-refractivity contribution in [2.24, 2.45) is 5.73 Å². The minimum absolute atomic E-state index is 0.0370. The first kappa shape index (κ1) is 57.9. The average Bonchev–Trinajstić information content (AvgIpc) is 3.23. The summed E-state index contributed by atoms with van der Waals surface area (Å²) >= 11 is 0. The number of hydrogen-bond donors (Lipinski definition) is 3. The highest BCUT2D eigenvalue weighted by Gasteiger charge is 2.26. The van der Waals surface area contributed by atoms with Gasteiger partial charge in [-0.25, -0.2) is 4.57 Å². The quantitative estimate of drug-likeness (QED) is 0.0177. The van der Waals surface area contributed by atoms with Gasteiger partial charge in [0, 0.05) is 19.4 Å². The van der Waals surface area contributed by atoms with Crippen molar-refractivity contribution >= 4 is 19.8 Å². The Bertz CT molecular complexity index is 1140. The first-order valence-corrected chi connectivity index (χ1v) is 25.7. The Morgan fingerprint density at radius 1 is 0.583 bits per heavy atom. The van der Waals surface area contributed by atoms with E-state index in [1.807, 2.05) is 36.5 Å². The molecule has 0 aromatic carbocycles. The summed E-state index contributed by atoms with van der Waals surface area (Å²) < 4.78 is 32.8. The molecule has 4 N–H and O–H groups in total. The summed E-state index contributed by atoms with van der Waals surface area (Å²) in [6.07, 6.45) is 49.0. The van der Waals surface area contributed by atoms with Gasteiger partial charge in [0.1, 0.15) is 6.61 Å². The van der Waals surface area contributed by atoms with Gasteiger partial charge in [-0.05, 0) is 44.9 Å². The molecule has 0 saturated heterocycles. The van der Waals surface area contributed by atoms with E-state index in [0.29, 0.717) is 25.7 Å². The molecule has 0 aliphatic rings. The van der Waals surface area contributed by atoms with Crippen molar-refractivity contribution in [2.75, 3.05) is 26.4 Å². The molecular weight excluding hydrogens is 778 g/mol. The zero-order valence-corrected chi connectivity index (χ0v) is 39.2. The summed E-state index contributed by atoms with van der Waals surface area (Å²) in [5.41, 5.74) is 5.35. The van der Waals surface area contributed by atoms with Crippen molar-refractivity contribution in [1.29, 1.82) is 0 Å². The van der Waals surface area contributed by atoms with E-state index < -0.39 is 38.6 Å². The normalized spacial score (nSPS) is 14.2. The minimum Gasteiger partial charge on any atom is -0.462 e. The maximum atomic E-state index is 12.6. The third-order valence-corrected chi connectivity index (χ3v) is 11.3. The molecule has 0 aliphatic carbocycles. The van der Waals surface area contributed by atoms with Crippen LogP contribution in [0, 0.1) is 0 Å². The number of rotatable bonds is 45. The molecule has 0 spiro atoms. The van der Waals surface area contributed by atoms with Crippen LogP contribution >= 0.6 is 7.82 Å². The summed E-state index contributed by atoms with van der Waals surface area (Å²) in [6.45, 7) is 3.58. The van der Waals surface area contributed by atoms with Gasteiger partial charge in [0.25, 0.3) is 0 Å². The number of allylic oxidation sites excluding steroid dienone is 6. The molecule has 60 heavy (non-hydrogen) atoms. The SMILES string of the molecule is CCCCC/C=C\C[C@@H](O)/C=C/C=C\C/C=C\CCCC(=O)OC[C@H](COP(=O)(O)OCCN)OC(=O)CCCCCCCCCCCCCCCCCCCCCCC. The first-order chi connectivity index (χ1) is 29.2. The minimum atomic E-state index is -4.41. The van der Waals surface area contributed by atoms with Crippen molar-refractivity contribution < 1.29 is 42.7 Å². The number of unbranched alkanes of at least 4 members (excludes halogenated alkanes) is 24. The number of ether oxygens (including phenoxy) is 2.